The molecule has 2 atom stereocenters. The van der Waals surface area contributed by atoms with E-state index >= 15 is 0 Å². The molecule has 0 saturated heterocycles. The Kier molecular flexibility index (Phi) is 3.13. The molecule has 0 aromatic heterocycles. The Morgan fingerprint density at radius 2 is 1.80 bits per heavy atom. The second-order valence-electron chi connectivity index (χ2n) is 3.19. The van der Waals surface area contributed by atoms with Crippen LogP contribution in [0.1, 0.15) is 25.7 Å². The molecule has 1 nitrogen and oxygen atoms in total. The molecule has 0 heterocycles. The van der Waals surface area contributed by atoms with Gasteiger partial charge in [-0.25, -0.2) is 0 Å². The fraction of sp³-hybridized carbons (Fsp3) is 1.00. The van der Waals surface area contributed by atoms with Gasteiger partial charge in [-0.2, -0.15) is 0 Å². The Balaban J connectivity index is 2.34. The summed E-state index contributed by atoms with van der Waals surface area (Å²) in [6.45, 7) is 0.510. The maximum Gasteiger partial charge on any atom is 0.0925 e. The summed E-state index contributed by atoms with van der Waals surface area (Å²) in [4.78, 5) is 0. The van der Waals surface area contributed by atoms with E-state index in [0.717, 1.165) is 12.8 Å². The summed E-state index contributed by atoms with van der Waals surface area (Å²) in [6, 6.07) is 0. The van der Waals surface area contributed by atoms with Crippen LogP contribution in [0.5, 0.6) is 0 Å². The molecule has 2 N–H and O–H groups in total. The summed E-state index contributed by atoms with van der Waals surface area (Å²) in [7, 11) is 0. The van der Waals surface area contributed by atoms with Crippen LogP contribution < -0.4 is 5.73 Å². The highest BCUT2D eigenvalue weighted by atomic mass is 19.1. The fourth-order valence-electron chi connectivity index (χ4n) is 1.80. The van der Waals surface area contributed by atoms with E-state index in [0.29, 0.717) is 12.5 Å². The zero-order valence-electron chi connectivity index (χ0n) is 6.35. The molecule has 0 radical (unpaired) electrons. The van der Waals surface area contributed by atoms with Gasteiger partial charge in [0, 0.05) is 0 Å². The Morgan fingerprint density at radius 1 is 1.20 bits per heavy atom. The third kappa shape index (κ3) is 1.69. The SMILES string of the molecule is NCC1CCCCC1CF. The van der Waals surface area contributed by atoms with Crippen LogP contribution in [0.2, 0.25) is 0 Å². The van der Waals surface area contributed by atoms with Gasteiger partial charge in [-0.1, -0.05) is 12.8 Å². The van der Waals surface area contributed by atoms with Gasteiger partial charge in [-0.3, -0.25) is 4.39 Å². The van der Waals surface area contributed by atoms with E-state index in [4.69, 9.17) is 5.73 Å². The van der Waals surface area contributed by atoms with E-state index in [9.17, 15) is 4.39 Å². The topological polar surface area (TPSA) is 26.0 Å². The third-order valence-electron chi connectivity index (χ3n) is 2.57. The Labute approximate surface area is 61.8 Å². The van der Waals surface area contributed by atoms with Crippen molar-refractivity contribution in [1.82, 2.24) is 0 Å². The largest absolute Gasteiger partial charge is 0.330 e. The third-order valence-corrected chi connectivity index (χ3v) is 2.57. The maximum absolute atomic E-state index is 12.3. The Bertz CT molecular complexity index is 83.3. The summed E-state index contributed by atoms with van der Waals surface area (Å²) in [6.07, 6.45) is 4.65. The van der Waals surface area contributed by atoms with Crippen molar-refractivity contribution in [1.29, 1.82) is 0 Å². The fourth-order valence-corrected chi connectivity index (χ4v) is 1.80. The first-order chi connectivity index (χ1) is 4.88. The molecule has 1 aliphatic rings. The van der Waals surface area contributed by atoms with Gasteiger partial charge in [0.15, 0.2) is 0 Å². The molecule has 0 aromatic carbocycles. The van der Waals surface area contributed by atoms with Gasteiger partial charge in [0.2, 0.25) is 0 Å². The minimum Gasteiger partial charge on any atom is -0.330 e. The molecule has 0 spiro atoms. The number of alkyl halides is 1. The molecule has 0 bridgehead atoms. The van der Waals surface area contributed by atoms with E-state index in [1.54, 1.807) is 0 Å². The Morgan fingerprint density at radius 3 is 2.20 bits per heavy atom. The monoisotopic (exact) mass is 145 g/mol. The van der Waals surface area contributed by atoms with Crippen LogP contribution in [0, 0.1) is 11.8 Å². The number of hydrogen-bond acceptors (Lipinski definition) is 1. The number of hydrogen-bond donors (Lipinski definition) is 1. The number of halogens is 1. The first-order valence-corrected chi connectivity index (χ1v) is 4.14. The quantitative estimate of drug-likeness (QED) is 0.629. The summed E-state index contributed by atoms with van der Waals surface area (Å²) in [5.74, 6) is 0.748. The maximum atomic E-state index is 12.3. The molecule has 2 unspecified atom stereocenters. The number of rotatable bonds is 2. The zero-order valence-corrected chi connectivity index (χ0v) is 6.35. The molecule has 1 fully saturated rings. The lowest BCUT2D eigenvalue weighted by Crippen LogP contribution is -2.27. The second kappa shape index (κ2) is 3.91. The average molecular weight is 145 g/mol. The lowest BCUT2D eigenvalue weighted by Gasteiger charge is -2.28. The van der Waals surface area contributed by atoms with Crippen LogP contribution in [0.3, 0.4) is 0 Å². The predicted octanol–water partition coefficient (Wildman–Crippen LogP) is 1.72. The summed E-state index contributed by atoms with van der Waals surface area (Å²) in [5.41, 5.74) is 5.50. The summed E-state index contributed by atoms with van der Waals surface area (Å²) in [5, 5.41) is 0. The van der Waals surface area contributed by atoms with E-state index in [1.165, 1.54) is 12.8 Å². The zero-order chi connectivity index (χ0) is 7.40. The summed E-state index contributed by atoms with van der Waals surface area (Å²) < 4.78 is 12.3. The molecule has 0 aliphatic heterocycles. The summed E-state index contributed by atoms with van der Waals surface area (Å²) >= 11 is 0. The molecule has 1 saturated carbocycles. The van der Waals surface area contributed by atoms with Crippen molar-refractivity contribution in [3.63, 3.8) is 0 Å². The van der Waals surface area contributed by atoms with E-state index < -0.39 is 0 Å². The van der Waals surface area contributed by atoms with Gasteiger partial charge in [0.05, 0.1) is 6.67 Å². The highest BCUT2D eigenvalue weighted by Crippen LogP contribution is 2.29. The first-order valence-electron chi connectivity index (χ1n) is 4.14. The average Bonchev–Trinajstić information content (AvgIpc) is 2.04. The Hall–Kier alpha value is -0.110. The van der Waals surface area contributed by atoms with Crippen molar-refractivity contribution in [2.24, 2.45) is 17.6 Å². The minimum atomic E-state index is -0.165. The molecule has 0 aromatic rings. The van der Waals surface area contributed by atoms with Crippen molar-refractivity contribution < 1.29 is 4.39 Å². The molecular weight excluding hydrogens is 129 g/mol. The smallest absolute Gasteiger partial charge is 0.0925 e. The van der Waals surface area contributed by atoms with E-state index in [1.807, 2.05) is 0 Å². The first kappa shape index (κ1) is 7.99. The van der Waals surface area contributed by atoms with Gasteiger partial charge >= 0.3 is 0 Å². The van der Waals surface area contributed by atoms with E-state index in [-0.39, 0.29) is 12.6 Å². The van der Waals surface area contributed by atoms with Gasteiger partial charge in [0.25, 0.3) is 0 Å². The molecule has 1 rings (SSSR count). The molecule has 2 heteroatoms. The number of nitrogens with two attached hydrogens (primary N) is 1. The molecule has 0 amide bonds. The lowest BCUT2D eigenvalue weighted by molar-refractivity contribution is 0.197. The van der Waals surface area contributed by atoms with Crippen LogP contribution in [0.4, 0.5) is 4.39 Å². The minimum absolute atomic E-state index is 0.165. The molecule has 1 aliphatic carbocycles. The van der Waals surface area contributed by atoms with Gasteiger partial charge in [0.1, 0.15) is 0 Å². The highest BCUT2D eigenvalue weighted by Gasteiger charge is 2.23. The van der Waals surface area contributed by atoms with E-state index in [2.05, 4.69) is 0 Å². The van der Waals surface area contributed by atoms with Crippen molar-refractivity contribution in [2.45, 2.75) is 25.7 Å². The molecule has 10 heavy (non-hydrogen) atoms. The predicted molar refractivity (Wildman–Crippen MR) is 40.5 cm³/mol. The van der Waals surface area contributed by atoms with Crippen LogP contribution in [0.15, 0.2) is 0 Å². The van der Waals surface area contributed by atoms with Crippen molar-refractivity contribution >= 4 is 0 Å². The highest BCUT2D eigenvalue weighted by molar-refractivity contribution is 4.75. The molecular formula is C8H16FN. The normalized spacial score (nSPS) is 34.2. The van der Waals surface area contributed by atoms with Crippen molar-refractivity contribution in [3.05, 3.63) is 0 Å². The molecule has 60 valence electrons. The van der Waals surface area contributed by atoms with Gasteiger partial charge in [-0.05, 0) is 31.2 Å². The van der Waals surface area contributed by atoms with Crippen LogP contribution >= 0.6 is 0 Å². The van der Waals surface area contributed by atoms with Gasteiger partial charge in [-0.15, -0.1) is 0 Å². The van der Waals surface area contributed by atoms with Gasteiger partial charge < -0.3 is 5.73 Å². The van der Waals surface area contributed by atoms with Crippen LogP contribution in [0.25, 0.3) is 0 Å². The van der Waals surface area contributed by atoms with Crippen LogP contribution in [-0.2, 0) is 0 Å². The standard InChI is InChI=1S/C8H16FN/c9-5-7-3-1-2-4-8(7)6-10/h7-8H,1-6,10H2. The van der Waals surface area contributed by atoms with Crippen LogP contribution in [-0.4, -0.2) is 13.2 Å². The lowest BCUT2D eigenvalue weighted by atomic mass is 9.80. The van der Waals surface area contributed by atoms with Crippen molar-refractivity contribution in [3.8, 4) is 0 Å². The van der Waals surface area contributed by atoms with Crippen molar-refractivity contribution in [2.75, 3.05) is 13.2 Å². The second-order valence-corrected chi connectivity index (χ2v) is 3.19.